The standard InChI is InChI=1S/C15H26N4O2/c20-14-13(6-7-16-14)18-8-10-19(11-9-18)15(21)17-12-4-2-1-3-5-12/h12-13H,1-11H2,(H,16,20)(H,17,21). The maximum absolute atomic E-state index is 12.3. The van der Waals surface area contributed by atoms with Crippen molar-refractivity contribution in [2.75, 3.05) is 32.7 Å². The Bertz CT molecular complexity index is 387. The topological polar surface area (TPSA) is 64.7 Å². The molecule has 3 fully saturated rings. The zero-order chi connectivity index (χ0) is 14.7. The maximum Gasteiger partial charge on any atom is 0.317 e. The van der Waals surface area contributed by atoms with Crippen molar-refractivity contribution in [3.8, 4) is 0 Å². The zero-order valence-electron chi connectivity index (χ0n) is 12.6. The van der Waals surface area contributed by atoms with Crippen molar-refractivity contribution >= 4 is 11.9 Å². The fraction of sp³-hybridized carbons (Fsp3) is 0.867. The van der Waals surface area contributed by atoms with Crippen LogP contribution in [0.25, 0.3) is 0 Å². The first-order valence-electron chi connectivity index (χ1n) is 8.31. The molecule has 1 aliphatic carbocycles. The SMILES string of the molecule is O=C1NCCC1N1CCN(C(=O)NC2CCCCC2)CC1. The van der Waals surface area contributed by atoms with E-state index in [-0.39, 0.29) is 18.0 Å². The predicted octanol–water partition coefficient (Wildman–Crippen LogP) is 0.535. The second-order valence-electron chi connectivity index (χ2n) is 6.40. The molecule has 0 aromatic carbocycles. The van der Waals surface area contributed by atoms with Crippen molar-refractivity contribution in [3.05, 3.63) is 0 Å². The Morgan fingerprint density at radius 3 is 2.38 bits per heavy atom. The number of nitrogens with one attached hydrogen (secondary N) is 2. The highest BCUT2D eigenvalue weighted by atomic mass is 16.2. The minimum absolute atomic E-state index is 0.0218. The van der Waals surface area contributed by atoms with Crippen LogP contribution in [0, 0.1) is 0 Å². The first kappa shape index (κ1) is 14.6. The van der Waals surface area contributed by atoms with Gasteiger partial charge in [0.15, 0.2) is 0 Å². The summed E-state index contributed by atoms with van der Waals surface area (Å²) < 4.78 is 0. The molecule has 3 aliphatic rings. The highest BCUT2D eigenvalue weighted by Gasteiger charge is 2.33. The van der Waals surface area contributed by atoms with Gasteiger partial charge in [-0.25, -0.2) is 4.79 Å². The summed E-state index contributed by atoms with van der Waals surface area (Å²) in [5.41, 5.74) is 0. The van der Waals surface area contributed by atoms with E-state index in [1.165, 1.54) is 19.3 Å². The fourth-order valence-electron chi connectivity index (χ4n) is 3.68. The van der Waals surface area contributed by atoms with Crippen LogP contribution in [0.15, 0.2) is 0 Å². The molecule has 1 saturated carbocycles. The third kappa shape index (κ3) is 3.48. The Morgan fingerprint density at radius 2 is 1.76 bits per heavy atom. The Kier molecular flexibility index (Phi) is 4.63. The second kappa shape index (κ2) is 6.64. The maximum atomic E-state index is 12.3. The van der Waals surface area contributed by atoms with Crippen LogP contribution >= 0.6 is 0 Å². The van der Waals surface area contributed by atoms with Gasteiger partial charge in [0, 0.05) is 38.8 Å². The number of amides is 3. The van der Waals surface area contributed by atoms with Gasteiger partial charge in [-0.3, -0.25) is 9.69 Å². The second-order valence-corrected chi connectivity index (χ2v) is 6.40. The van der Waals surface area contributed by atoms with E-state index in [2.05, 4.69) is 15.5 Å². The van der Waals surface area contributed by atoms with E-state index in [0.717, 1.165) is 52.0 Å². The average molecular weight is 294 g/mol. The van der Waals surface area contributed by atoms with Gasteiger partial charge in [0.05, 0.1) is 6.04 Å². The summed E-state index contributed by atoms with van der Waals surface area (Å²) in [5.74, 6) is 0.148. The minimum Gasteiger partial charge on any atom is -0.355 e. The summed E-state index contributed by atoms with van der Waals surface area (Å²) in [6.45, 7) is 3.84. The first-order valence-corrected chi connectivity index (χ1v) is 8.31. The number of piperazine rings is 1. The highest BCUT2D eigenvalue weighted by molar-refractivity contribution is 5.83. The largest absolute Gasteiger partial charge is 0.355 e. The summed E-state index contributed by atoms with van der Waals surface area (Å²) in [5, 5.41) is 6.05. The molecule has 3 amide bonds. The average Bonchev–Trinajstić information content (AvgIpc) is 2.94. The summed E-state index contributed by atoms with van der Waals surface area (Å²) >= 11 is 0. The van der Waals surface area contributed by atoms with Gasteiger partial charge in [-0.1, -0.05) is 19.3 Å². The van der Waals surface area contributed by atoms with Crippen LogP contribution in [-0.4, -0.2) is 66.5 Å². The van der Waals surface area contributed by atoms with E-state index in [0.29, 0.717) is 6.04 Å². The van der Waals surface area contributed by atoms with Crippen molar-refractivity contribution in [2.24, 2.45) is 0 Å². The summed E-state index contributed by atoms with van der Waals surface area (Å²) in [4.78, 5) is 28.1. The molecule has 0 radical (unpaired) electrons. The van der Waals surface area contributed by atoms with E-state index in [4.69, 9.17) is 0 Å². The van der Waals surface area contributed by atoms with E-state index in [1.807, 2.05) is 4.90 Å². The molecular weight excluding hydrogens is 268 g/mol. The third-order valence-corrected chi connectivity index (χ3v) is 4.99. The van der Waals surface area contributed by atoms with Crippen molar-refractivity contribution < 1.29 is 9.59 Å². The van der Waals surface area contributed by atoms with Crippen LogP contribution in [-0.2, 0) is 4.79 Å². The zero-order valence-corrected chi connectivity index (χ0v) is 12.6. The molecule has 6 nitrogen and oxygen atoms in total. The molecule has 6 heteroatoms. The molecule has 3 rings (SSSR count). The Morgan fingerprint density at radius 1 is 1.05 bits per heavy atom. The number of carbonyl (C=O) groups is 2. The lowest BCUT2D eigenvalue weighted by Gasteiger charge is -2.37. The Labute approximate surface area is 126 Å². The predicted molar refractivity (Wildman–Crippen MR) is 80.0 cm³/mol. The summed E-state index contributed by atoms with van der Waals surface area (Å²) in [7, 11) is 0. The van der Waals surface area contributed by atoms with Crippen LogP contribution < -0.4 is 10.6 Å². The summed E-state index contributed by atoms with van der Waals surface area (Å²) in [6, 6.07) is 0.468. The van der Waals surface area contributed by atoms with Crippen molar-refractivity contribution in [1.82, 2.24) is 20.4 Å². The number of hydrogen-bond donors (Lipinski definition) is 2. The van der Waals surface area contributed by atoms with Crippen LogP contribution in [0.2, 0.25) is 0 Å². The number of carbonyl (C=O) groups excluding carboxylic acids is 2. The molecule has 0 aromatic heterocycles. The van der Waals surface area contributed by atoms with Crippen molar-refractivity contribution in [2.45, 2.75) is 50.6 Å². The Hall–Kier alpha value is -1.30. The van der Waals surface area contributed by atoms with Crippen molar-refractivity contribution in [1.29, 1.82) is 0 Å². The van der Waals surface area contributed by atoms with Gasteiger partial charge in [0.1, 0.15) is 0 Å². The van der Waals surface area contributed by atoms with E-state index < -0.39 is 0 Å². The van der Waals surface area contributed by atoms with E-state index in [9.17, 15) is 9.59 Å². The quantitative estimate of drug-likeness (QED) is 0.781. The molecule has 0 aromatic rings. The van der Waals surface area contributed by atoms with Gasteiger partial charge in [-0.05, 0) is 19.3 Å². The number of urea groups is 1. The van der Waals surface area contributed by atoms with Crippen LogP contribution in [0.5, 0.6) is 0 Å². The number of hydrogen-bond acceptors (Lipinski definition) is 3. The van der Waals surface area contributed by atoms with Crippen LogP contribution in [0.1, 0.15) is 38.5 Å². The number of nitrogens with zero attached hydrogens (tertiary/aromatic N) is 2. The monoisotopic (exact) mass is 294 g/mol. The molecular formula is C15H26N4O2. The highest BCUT2D eigenvalue weighted by Crippen LogP contribution is 2.18. The lowest BCUT2D eigenvalue weighted by atomic mass is 9.96. The molecule has 21 heavy (non-hydrogen) atoms. The normalized spacial score (nSPS) is 28.5. The van der Waals surface area contributed by atoms with Gasteiger partial charge >= 0.3 is 6.03 Å². The molecule has 2 heterocycles. The van der Waals surface area contributed by atoms with Crippen LogP contribution in [0.3, 0.4) is 0 Å². The molecule has 118 valence electrons. The summed E-state index contributed by atoms with van der Waals surface area (Å²) in [6.07, 6.45) is 6.90. The molecule has 1 atom stereocenters. The molecule has 2 N–H and O–H groups in total. The number of rotatable bonds is 2. The Balaban J connectivity index is 1.44. The molecule has 2 aliphatic heterocycles. The first-order chi connectivity index (χ1) is 10.2. The fourth-order valence-corrected chi connectivity index (χ4v) is 3.68. The van der Waals surface area contributed by atoms with Gasteiger partial charge in [0.25, 0.3) is 0 Å². The molecule has 2 saturated heterocycles. The van der Waals surface area contributed by atoms with Gasteiger partial charge in [-0.2, -0.15) is 0 Å². The minimum atomic E-state index is 0.0218. The lowest BCUT2D eigenvalue weighted by Crippen LogP contribution is -2.56. The van der Waals surface area contributed by atoms with Crippen LogP contribution in [0.4, 0.5) is 4.79 Å². The van der Waals surface area contributed by atoms with Crippen molar-refractivity contribution in [3.63, 3.8) is 0 Å². The van der Waals surface area contributed by atoms with E-state index >= 15 is 0 Å². The molecule has 0 bridgehead atoms. The van der Waals surface area contributed by atoms with E-state index in [1.54, 1.807) is 0 Å². The third-order valence-electron chi connectivity index (χ3n) is 4.99. The smallest absolute Gasteiger partial charge is 0.317 e. The lowest BCUT2D eigenvalue weighted by molar-refractivity contribution is -0.124. The van der Waals surface area contributed by atoms with Gasteiger partial charge in [-0.15, -0.1) is 0 Å². The molecule has 1 unspecified atom stereocenters. The molecule has 0 spiro atoms. The van der Waals surface area contributed by atoms with Gasteiger partial charge < -0.3 is 15.5 Å². The van der Waals surface area contributed by atoms with Gasteiger partial charge in [0.2, 0.25) is 5.91 Å².